The Labute approximate surface area is 57.9 Å². The minimum atomic E-state index is -0.870. The van der Waals surface area contributed by atoms with E-state index in [2.05, 4.69) is 23.9 Å². The molecule has 0 spiro atoms. The van der Waals surface area contributed by atoms with Crippen molar-refractivity contribution >= 4 is 29.7 Å². The SMILES string of the molecule is C=CC(S)OC(=O)Cl. The summed E-state index contributed by atoms with van der Waals surface area (Å²) in [7, 11) is 0. The lowest BCUT2D eigenvalue weighted by atomic mass is 10.7. The summed E-state index contributed by atoms with van der Waals surface area (Å²) >= 11 is 8.52. The first-order chi connectivity index (χ1) is 3.66. The normalized spacial score (nSPS) is 12.2. The van der Waals surface area contributed by atoms with E-state index in [1.54, 1.807) is 0 Å². The van der Waals surface area contributed by atoms with Crippen molar-refractivity contribution in [2.75, 3.05) is 0 Å². The van der Waals surface area contributed by atoms with Gasteiger partial charge in [0.25, 0.3) is 0 Å². The van der Waals surface area contributed by atoms with Crippen LogP contribution in [0.15, 0.2) is 12.7 Å². The topological polar surface area (TPSA) is 26.3 Å². The summed E-state index contributed by atoms with van der Waals surface area (Å²) in [4.78, 5) is 9.86. The first-order valence-electron chi connectivity index (χ1n) is 1.83. The van der Waals surface area contributed by atoms with E-state index in [9.17, 15) is 4.79 Å². The largest absolute Gasteiger partial charge is 0.435 e. The molecule has 4 heteroatoms. The van der Waals surface area contributed by atoms with Gasteiger partial charge in [0.05, 0.1) is 0 Å². The highest BCUT2D eigenvalue weighted by molar-refractivity contribution is 7.81. The first kappa shape index (κ1) is 7.85. The standard InChI is InChI=1S/C4H5ClO2S/c1-2-3(8)7-4(5)6/h2-3,8H,1H2. The second-order valence-electron chi connectivity index (χ2n) is 0.982. The monoisotopic (exact) mass is 152 g/mol. The third kappa shape index (κ3) is 4.02. The molecule has 0 aliphatic carbocycles. The minimum Gasteiger partial charge on any atom is -0.435 e. The van der Waals surface area contributed by atoms with Crippen LogP contribution >= 0.6 is 24.2 Å². The van der Waals surface area contributed by atoms with Crippen molar-refractivity contribution in [1.29, 1.82) is 0 Å². The van der Waals surface area contributed by atoms with Crippen LogP contribution in [0.25, 0.3) is 0 Å². The van der Waals surface area contributed by atoms with E-state index in [1.165, 1.54) is 6.08 Å². The number of rotatable bonds is 2. The Morgan fingerprint density at radius 1 is 2.00 bits per heavy atom. The van der Waals surface area contributed by atoms with Gasteiger partial charge in [-0.2, -0.15) is 0 Å². The Morgan fingerprint density at radius 2 is 2.50 bits per heavy atom. The van der Waals surface area contributed by atoms with Gasteiger partial charge in [0, 0.05) is 11.6 Å². The van der Waals surface area contributed by atoms with E-state index in [4.69, 9.17) is 11.6 Å². The molecule has 0 aromatic heterocycles. The maximum absolute atomic E-state index is 9.86. The predicted molar refractivity (Wildman–Crippen MR) is 35.3 cm³/mol. The molecule has 0 bridgehead atoms. The van der Waals surface area contributed by atoms with Crippen LogP contribution in [0, 0.1) is 0 Å². The Bertz CT molecular complexity index is 104. The van der Waals surface area contributed by atoms with Crippen LogP contribution < -0.4 is 0 Å². The summed E-state index contributed by atoms with van der Waals surface area (Å²) in [6.07, 6.45) is 1.35. The lowest BCUT2D eigenvalue weighted by Crippen LogP contribution is -2.01. The smallest absolute Gasteiger partial charge is 0.405 e. The minimum absolute atomic E-state index is 0.597. The maximum atomic E-state index is 9.86. The number of hydrogen-bond donors (Lipinski definition) is 1. The molecule has 0 saturated carbocycles. The number of thiol groups is 1. The Morgan fingerprint density at radius 3 is 2.62 bits per heavy atom. The summed E-state index contributed by atoms with van der Waals surface area (Å²) < 4.78 is 4.27. The Hall–Kier alpha value is -0.150. The van der Waals surface area contributed by atoms with Gasteiger partial charge in [-0.1, -0.05) is 6.58 Å². The average molecular weight is 153 g/mol. The molecule has 0 radical (unpaired) electrons. The average Bonchev–Trinajstić information content (AvgIpc) is 1.65. The van der Waals surface area contributed by atoms with Gasteiger partial charge in [-0.05, 0) is 6.08 Å². The number of ether oxygens (including phenoxy) is 1. The Balaban J connectivity index is 3.38. The van der Waals surface area contributed by atoms with Crippen LogP contribution in [0.5, 0.6) is 0 Å². The van der Waals surface area contributed by atoms with Crippen LogP contribution in [0.2, 0.25) is 0 Å². The van der Waals surface area contributed by atoms with Gasteiger partial charge in [0.1, 0.15) is 0 Å². The molecule has 0 fully saturated rings. The van der Waals surface area contributed by atoms with E-state index in [1.807, 2.05) is 0 Å². The fourth-order valence-electron chi connectivity index (χ4n) is 0.143. The summed E-state index contributed by atoms with van der Waals surface area (Å²) in [5.41, 5.74) is -1.47. The number of hydrogen-bond acceptors (Lipinski definition) is 3. The zero-order chi connectivity index (χ0) is 6.57. The number of halogens is 1. The maximum Gasteiger partial charge on any atom is 0.405 e. The van der Waals surface area contributed by atoms with E-state index in [0.717, 1.165) is 0 Å². The zero-order valence-electron chi connectivity index (χ0n) is 4.00. The van der Waals surface area contributed by atoms with Crippen molar-refractivity contribution in [1.82, 2.24) is 0 Å². The highest BCUT2D eigenvalue weighted by Crippen LogP contribution is 2.00. The lowest BCUT2D eigenvalue weighted by molar-refractivity contribution is 0.177. The summed E-state index contributed by atoms with van der Waals surface area (Å²) in [6.45, 7) is 3.30. The van der Waals surface area contributed by atoms with Crippen molar-refractivity contribution in [3.05, 3.63) is 12.7 Å². The molecular formula is C4H5ClO2S. The van der Waals surface area contributed by atoms with Crippen LogP contribution in [-0.2, 0) is 4.74 Å². The predicted octanol–water partition coefficient (Wildman–Crippen LogP) is 1.80. The third-order valence-corrected chi connectivity index (χ3v) is 0.820. The highest BCUT2D eigenvalue weighted by atomic mass is 35.5. The van der Waals surface area contributed by atoms with E-state index in [-0.39, 0.29) is 0 Å². The van der Waals surface area contributed by atoms with E-state index >= 15 is 0 Å². The molecule has 0 aromatic carbocycles. The fourth-order valence-corrected chi connectivity index (χ4v) is 0.397. The van der Waals surface area contributed by atoms with Gasteiger partial charge in [-0.25, -0.2) is 4.79 Å². The Kier molecular flexibility index (Phi) is 3.73. The van der Waals surface area contributed by atoms with Crippen molar-refractivity contribution in [2.24, 2.45) is 0 Å². The summed E-state index contributed by atoms with van der Waals surface area (Å²) in [5, 5.41) is 0. The summed E-state index contributed by atoms with van der Waals surface area (Å²) in [5.74, 6) is 0. The molecular weight excluding hydrogens is 148 g/mol. The molecule has 0 aliphatic rings. The van der Waals surface area contributed by atoms with Gasteiger partial charge in [0.15, 0.2) is 5.44 Å². The van der Waals surface area contributed by atoms with Crippen molar-refractivity contribution in [3.8, 4) is 0 Å². The molecule has 0 heterocycles. The molecule has 46 valence electrons. The molecule has 0 amide bonds. The third-order valence-electron chi connectivity index (χ3n) is 0.415. The molecule has 1 atom stereocenters. The van der Waals surface area contributed by atoms with Crippen LogP contribution in [-0.4, -0.2) is 10.9 Å². The second kappa shape index (κ2) is 3.80. The molecule has 0 N–H and O–H groups in total. The number of carbonyl (C=O) groups excluding carboxylic acids is 1. The van der Waals surface area contributed by atoms with Crippen molar-refractivity contribution < 1.29 is 9.53 Å². The van der Waals surface area contributed by atoms with Crippen molar-refractivity contribution in [2.45, 2.75) is 5.44 Å². The first-order valence-corrected chi connectivity index (χ1v) is 2.73. The quantitative estimate of drug-likeness (QED) is 0.283. The molecule has 0 aliphatic heterocycles. The van der Waals surface area contributed by atoms with E-state index in [0.29, 0.717) is 0 Å². The van der Waals surface area contributed by atoms with Gasteiger partial charge in [-0.3, -0.25) is 0 Å². The van der Waals surface area contributed by atoms with Crippen molar-refractivity contribution in [3.63, 3.8) is 0 Å². The molecule has 0 rings (SSSR count). The summed E-state index contributed by atoms with van der Waals surface area (Å²) in [6, 6.07) is 0. The molecule has 0 saturated heterocycles. The van der Waals surface area contributed by atoms with E-state index < -0.39 is 10.9 Å². The molecule has 1 unspecified atom stereocenters. The van der Waals surface area contributed by atoms with Gasteiger partial charge < -0.3 is 4.74 Å². The van der Waals surface area contributed by atoms with Crippen LogP contribution in [0.4, 0.5) is 4.79 Å². The second-order valence-corrected chi connectivity index (χ2v) is 1.80. The highest BCUT2D eigenvalue weighted by Gasteiger charge is 1.99. The van der Waals surface area contributed by atoms with Crippen LogP contribution in [0.1, 0.15) is 0 Å². The molecule has 2 nitrogen and oxygen atoms in total. The van der Waals surface area contributed by atoms with Gasteiger partial charge in [-0.15, -0.1) is 12.6 Å². The fraction of sp³-hybridized carbons (Fsp3) is 0.250. The van der Waals surface area contributed by atoms with Gasteiger partial charge in [0.2, 0.25) is 0 Å². The molecule has 0 aromatic rings. The molecule has 8 heavy (non-hydrogen) atoms. The zero-order valence-corrected chi connectivity index (χ0v) is 5.65. The van der Waals surface area contributed by atoms with Gasteiger partial charge >= 0.3 is 5.43 Å². The number of carbonyl (C=O) groups is 1. The van der Waals surface area contributed by atoms with Crippen LogP contribution in [0.3, 0.4) is 0 Å². The lowest BCUT2D eigenvalue weighted by Gasteiger charge is -2.00.